The normalized spacial score (nSPS) is 13.3. The average Bonchev–Trinajstić information content (AvgIpc) is 2.63. The first-order chi connectivity index (χ1) is 7.22. The first-order valence-corrected chi connectivity index (χ1v) is 4.73. The summed E-state index contributed by atoms with van der Waals surface area (Å²) in [7, 11) is 1.73. The molecular weight excluding hydrogens is 197 g/mol. The van der Waals surface area contributed by atoms with Crippen LogP contribution in [0.15, 0.2) is 28.7 Å². The van der Waals surface area contributed by atoms with E-state index in [1.54, 1.807) is 25.2 Å². The van der Waals surface area contributed by atoms with E-state index in [-0.39, 0.29) is 5.58 Å². The molecule has 2 aromatic rings. The molecule has 0 aliphatic rings. The van der Waals surface area contributed by atoms with Crippen LogP contribution >= 0.6 is 0 Å². The molecule has 0 amide bonds. The van der Waals surface area contributed by atoms with Crippen LogP contribution in [0.2, 0.25) is 0 Å². The predicted octanol–water partition coefficient (Wildman–Crippen LogP) is 1.82. The van der Waals surface area contributed by atoms with E-state index in [1.165, 1.54) is 6.07 Å². The number of hydrogen-bond acceptors (Lipinski definition) is 3. The lowest BCUT2D eigenvalue weighted by atomic mass is 10.2. The van der Waals surface area contributed by atoms with Crippen molar-refractivity contribution in [3.05, 3.63) is 35.8 Å². The van der Waals surface area contributed by atoms with Gasteiger partial charge < -0.3 is 14.8 Å². The molecule has 80 valence electrons. The van der Waals surface area contributed by atoms with Crippen molar-refractivity contribution in [1.82, 2.24) is 5.32 Å². The molecule has 2 N–H and O–H groups in total. The Bertz CT molecular complexity index is 467. The zero-order valence-corrected chi connectivity index (χ0v) is 8.33. The van der Waals surface area contributed by atoms with Crippen molar-refractivity contribution in [2.24, 2.45) is 0 Å². The zero-order valence-electron chi connectivity index (χ0n) is 8.33. The van der Waals surface area contributed by atoms with Crippen molar-refractivity contribution in [3.8, 4) is 0 Å². The molecule has 4 heteroatoms. The SMILES string of the molecule is CNCC(O)c1cc2cccc(F)c2o1. The van der Waals surface area contributed by atoms with Gasteiger partial charge in [0.25, 0.3) is 0 Å². The highest BCUT2D eigenvalue weighted by Crippen LogP contribution is 2.25. The second-order valence-electron chi connectivity index (χ2n) is 3.38. The molecule has 0 aliphatic carbocycles. The van der Waals surface area contributed by atoms with Gasteiger partial charge in [-0.2, -0.15) is 0 Å². The van der Waals surface area contributed by atoms with Gasteiger partial charge >= 0.3 is 0 Å². The Hall–Kier alpha value is -1.39. The highest BCUT2D eigenvalue weighted by atomic mass is 19.1. The summed E-state index contributed by atoms with van der Waals surface area (Å²) >= 11 is 0. The third kappa shape index (κ3) is 1.86. The van der Waals surface area contributed by atoms with Gasteiger partial charge in [-0.3, -0.25) is 0 Å². The van der Waals surface area contributed by atoms with E-state index in [0.717, 1.165) is 0 Å². The van der Waals surface area contributed by atoms with Crippen LogP contribution in [0.5, 0.6) is 0 Å². The van der Waals surface area contributed by atoms with Crippen LogP contribution in [0.4, 0.5) is 4.39 Å². The zero-order chi connectivity index (χ0) is 10.8. The predicted molar refractivity (Wildman–Crippen MR) is 55.1 cm³/mol. The van der Waals surface area contributed by atoms with Crippen LogP contribution in [0.1, 0.15) is 11.9 Å². The molecule has 1 unspecified atom stereocenters. The van der Waals surface area contributed by atoms with Gasteiger partial charge in [-0.15, -0.1) is 0 Å². The molecule has 1 atom stereocenters. The Kier molecular flexibility index (Phi) is 2.70. The van der Waals surface area contributed by atoms with Gasteiger partial charge in [0, 0.05) is 11.9 Å². The van der Waals surface area contributed by atoms with Gasteiger partial charge in [-0.25, -0.2) is 4.39 Å². The number of aliphatic hydroxyl groups excluding tert-OH is 1. The van der Waals surface area contributed by atoms with Crippen molar-refractivity contribution in [1.29, 1.82) is 0 Å². The molecular formula is C11H12FNO2. The first kappa shape index (κ1) is 10.1. The van der Waals surface area contributed by atoms with Gasteiger partial charge in [0.2, 0.25) is 0 Å². The Morgan fingerprint density at radius 3 is 3.00 bits per heavy atom. The van der Waals surface area contributed by atoms with Crippen molar-refractivity contribution in [2.75, 3.05) is 13.6 Å². The summed E-state index contributed by atoms with van der Waals surface area (Å²) in [5.74, 6) is -0.0279. The minimum Gasteiger partial charge on any atom is -0.455 e. The molecule has 1 heterocycles. The van der Waals surface area contributed by atoms with Crippen LogP contribution in [0, 0.1) is 5.82 Å². The van der Waals surface area contributed by atoms with Gasteiger partial charge in [0.1, 0.15) is 11.9 Å². The van der Waals surface area contributed by atoms with Crippen molar-refractivity contribution < 1.29 is 13.9 Å². The molecule has 2 rings (SSSR count). The molecule has 3 nitrogen and oxygen atoms in total. The fourth-order valence-corrected chi connectivity index (χ4v) is 1.51. The standard InChI is InChI=1S/C11H12FNO2/c1-13-6-9(14)10-5-7-3-2-4-8(12)11(7)15-10/h2-5,9,13-14H,6H2,1H3. The minimum absolute atomic E-state index is 0.197. The maximum atomic E-state index is 13.3. The highest BCUT2D eigenvalue weighted by molar-refractivity contribution is 5.78. The van der Waals surface area contributed by atoms with Crippen LogP contribution < -0.4 is 5.32 Å². The lowest BCUT2D eigenvalue weighted by Gasteiger charge is -2.04. The number of furan rings is 1. The maximum absolute atomic E-state index is 13.3. The van der Waals surface area contributed by atoms with Gasteiger partial charge in [0.15, 0.2) is 11.4 Å². The summed E-state index contributed by atoms with van der Waals surface area (Å²) in [6.07, 6.45) is -0.748. The van der Waals surface area contributed by atoms with Crippen molar-refractivity contribution in [2.45, 2.75) is 6.10 Å². The lowest BCUT2D eigenvalue weighted by Crippen LogP contribution is -2.15. The van der Waals surface area contributed by atoms with E-state index in [1.807, 2.05) is 0 Å². The summed E-state index contributed by atoms with van der Waals surface area (Å²) in [6, 6.07) is 6.35. The molecule has 1 aromatic heterocycles. The summed E-state index contributed by atoms with van der Waals surface area (Å²) in [4.78, 5) is 0. The van der Waals surface area contributed by atoms with E-state index in [2.05, 4.69) is 5.32 Å². The maximum Gasteiger partial charge on any atom is 0.170 e. The van der Waals surface area contributed by atoms with Crippen LogP contribution in [-0.4, -0.2) is 18.7 Å². The number of nitrogens with one attached hydrogen (secondary N) is 1. The molecule has 0 saturated heterocycles. The fourth-order valence-electron chi connectivity index (χ4n) is 1.51. The minimum atomic E-state index is -0.748. The second kappa shape index (κ2) is 4.00. The van der Waals surface area contributed by atoms with Crippen molar-refractivity contribution in [3.63, 3.8) is 0 Å². The van der Waals surface area contributed by atoms with Crippen molar-refractivity contribution >= 4 is 11.0 Å². The Morgan fingerprint density at radius 2 is 2.33 bits per heavy atom. The number of fused-ring (bicyclic) bond motifs is 1. The molecule has 0 spiro atoms. The molecule has 0 saturated carbocycles. The largest absolute Gasteiger partial charge is 0.455 e. The Labute approximate surface area is 86.5 Å². The number of hydrogen-bond donors (Lipinski definition) is 2. The third-order valence-electron chi connectivity index (χ3n) is 2.24. The van der Waals surface area contributed by atoms with Crippen LogP contribution in [-0.2, 0) is 0 Å². The Morgan fingerprint density at radius 1 is 1.53 bits per heavy atom. The third-order valence-corrected chi connectivity index (χ3v) is 2.24. The summed E-state index contributed by atoms with van der Waals surface area (Å²) in [6.45, 7) is 0.376. The number of para-hydroxylation sites is 1. The number of benzene rings is 1. The molecule has 0 fully saturated rings. The summed E-state index contributed by atoms with van der Waals surface area (Å²) in [5.41, 5.74) is 0.197. The summed E-state index contributed by atoms with van der Waals surface area (Å²) in [5, 5.41) is 13.1. The quantitative estimate of drug-likeness (QED) is 0.810. The molecule has 0 bridgehead atoms. The van der Waals surface area contributed by atoms with Crippen LogP contribution in [0.25, 0.3) is 11.0 Å². The fraction of sp³-hybridized carbons (Fsp3) is 0.273. The van der Waals surface area contributed by atoms with E-state index in [9.17, 15) is 9.50 Å². The number of rotatable bonds is 3. The molecule has 1 aromatic carbocycles. The van der Waals surface area contributed by atoms with E-state index < -0.39 is 11.9 Å². The summed E-state index contributed by atoms with van der Waals surface area (Å²) < 4.78 is 18.5. The van der Waals surface area contributed by atoms with E-state index in [0.29, 0.717) is 17.7 Å². The van der Waals surface area contributed by atoms with E-state index in [4.69, 9.17) is 4.42 Å². The number of aliphatic hydroxyl groups is 1. The van der Waals surface area contributed by atoms with Gasteiger partial charge in [-0.05, 0) is 19.2 Å². The molecule has 15 heavy (non-hydrogen) atoms. The molecule has 0 aliphatic heterocycles. The first-order valence-electron chi connectivity index (χ1n) is 4.73. The monoisotopic (exact) mass is 209 g/mol. The topological polar surface area (TPSA) is 45.4 Å². The van der Waals surface area contributed by atoms with Crippen LogP contribution in [0.3, 0.4) is 0 Å². The Balaban J connectivity index is 2.43. The number of likely N-dealkylation sites (N-methyl/N-ethyl adjacent to an activating group) is 1. The average molecular weight is 209 g/mol. The second-order valence-corrected chi connectivity index (χ2v) is 3.38. The highest BCUT2D eigenvalue weighted by Gasteiger charge is 2.14. The van der Waals surface area contributed by atoms with Gasteiger partial charge in [0.05, 0.1) is 0 Å². The number of halogens is 1. The van der Waals surface area contributed by atoms with Gasteiger partial charge in [-0.1, -0.05) is 12.1 Å². The lowest BCUT2D eigenvalue weighted by molar-refractivity contribution is 0.152. The van der Waals surface area contributed by atoms with E-state index >= 15 is 0 Å². The molecule has 0 radical (unpaired) electrons. The smallest absolute Gasteiger partial charge is 0.170 e.